The molecule has 0 bridgehead atoms. The average molecular weight is 287 g/mol. The molecular formula is C11H11BrO4. The highest BCUT2D eigenvalue weighted by atomic mass is 79.9. The summed E-state index contributed by atoms with van der Waals surface area (Å²) in [6.45, 7) is 1.41. The number of hydrogen-bond donors (Lipinski definition) is 1. The molecule has 0 amide bonds. The highest BCUT2D eigenvalue weighted by Crippen LogP contribution is 2.30. The molecule has 86 valence electrons. The van der Waals surface area contributed by atoms with Gasteiger partial charge in [0.25, 0.3) is 0 Å². The zero-order valence-electron chi connectivity index (χ0n) is 8.91. The molecule has 0 aliphatic carbocycles. The third kappa shape index (κ3) is 2.82. The van der Waals surface area contributed by atoms with Gasteiger partial charge in [-0.2, -0.15) is 0 Å². The van der Waals surface area contributed by atoms with E-state index >= 15 is 0 Å². The number of benzene rings is 1. The van der Waals surface area contributed by atoms with Gasteiger partial charge in [-0.25, -0.2) is 4.79 Å². The van der Waals surface area contributed by atoms with Crippen LogP contribution in [0.2, 0.25) is 0 Å². The van der Waals surface area contributed by atoms with Gasteiger partial charge in [-0.05, 0) is 35.0 Å². The molecular weight excluding hydrogens is 276 g/mol. The van der Waals surface area contributed by atoms with Crippen molar-refractivity contribution in [1.29, 1.82) is 0 Å². The Morgan fingerprint density at radius 3 is 2.56 bits per heavy atom. The Kier molecular flexibility index (Phi) is 4.06. The standard InChI is InChI=1S/C11H11BrO4/c1-6(13)3-7-4-8(11(15)16-2)5-9(12)10(7)14/h4-5,14H,3H2,1-2H3. The summed E-state index contributed by atoms with van der Waals surface area (Å²) in [4.78, 5) is 22.3. The van der Waals surface area contributed by atoms with Crippen molar-refractivity contribution >= 4 is 27.7 Å². The molecule has 1 aromatic rings. The monoisotopic (exact) mass is 286 g/mol. The predicted octanol–water partition coefficient (Wildman–Crippen LogP) is 2.07. The number of carbonyl (C=O) groups excluding carboxylic acids is 2. The average Bonchev–Trinajstić information content (AvgIpc) is 2.22. The van der Waals surface area contributed by atoms with Crippen LogP contribution in [-0.2, 0) is 16.0 Å². The van der Waals surface area contributed by atoms with E-state index in [0.717, 1.165) is 0 Å². The molecule has 0 unspecified atom stereocenters. The first-order chi connectivity index (χ1) is 7.45. The number of ketones is 1. The molecule has 0 aliphatic heterocycles. The van der Waals surface area contributed by atoms with Gasteiger partial charge in [-0.1, -0.05) is 0 Å². The van der Waals surface area contributed by atoms with Crippen LogP contribution in [0.15, 0.2) is 16.6 Å². The lowest BCUT2D eigenvalue weighted by atomic mass is 10.1. The first-order valence-corrected chi connectivity index (χ1v) is 5.34. The van der Waals surface area contributed by atoms with Gasteiger partial charge in [-0.15, -0.1) is 0 Å². The molecule has 4 nitrogen and oxygen atoms in total. The third-order valence-corrected chi connectivity index (χ3v) is 2.61. The summed E-state index contributed by atoms with van der Waals surface area (Å²) in [5.74, 6) is -0.627. The van der Waals surface area contributed by atoms with Crippen LogP contribution in [0.25, 0.3) is 0 Å². The number of aromatic hydroxyl groups is 1. The number of carbonyl (C=O) groups is 2. The molecule has 0 saturated carbocycles. The molecule has 0 saturated heterocycles. The zero-order chi connectivity index (χ0) is 12.3. The fraction of sp³-hybridized carbons (Fsp3) is 0.273. The molecule has 0 aromatic heterocycles. The second kappa shape index (κ2) is 5.12. The van der Waals surface area contributed by atoms with Gasteiger partial charge in [0.05, 0.1) is 17.1 Å². The predicted molar refractivity (Wildman–Crippen MR) is 61.5 cm³/mol. The Bertz CT molecular complexity index is 440. The van der Waals surface area contributed by atoms with E-state index in [1.54, 1.807) is 0 Å². The lowest BCUT2D eigenvalue weighted by Gasteiger charge is -2.07. The summed E-state index contributed by atoms with van der Waals surface area (Å²) in [6.07, 6.45) is 0.0786. The fourth-order valence-electron chi connectivity index (χ4n) is 1.29. The Balaban J connectivity index is 3.21. The van der Waals surface area contributed by atoms with E-state index in [2.05, 4.69) is 20.7 Å². The summed E-state index contributed by atoms with van der Waals surface area (Å²) < 4.78 is 4.93. The van der Waals surface area contributed by atoms with Crippen molar-refractivity contribution in [1.82, 2.24) is 0 Å². The first kappa shape index (κ1) is 12.7. The van der Waals surface area contributed by atoms with Crippen LogP contribution in [-0.4, -0.2) is 24.0 Å². The van der Waals surface area contributed by atoms with E-state index in [1.165, 1.54) is 26.2 Å². The van der Waals surface area contributed by atoms with Crippen molar-refractivity contribution in [3.8, 4) is 5.75 Å². The van der Waals surface area contributed by atoms with Gasteiger partial charge in [-0.3, -0.25) is 4.79 Å². The van der Waals surface area contributed by atoms with Crippen molar-refractivity contribution in [3.05, 3.63) is 27.7 Å². The minimum absolute atomic E-state index is 0.0251. The van der Waals surface area contributed by atoms with Crippen LogP contribution in [0, 0.1) is 0 Å². The first-order valence-electron chi connectivity index (χ1n) is 4.55. The summed E-state index contributed by atoms with van der Waals surface area (Å²) in [6, 6.07) is 2.90. The lowest BCUT2D eigenvalue weighted by molar-refractivity contribution is -0.116. The SMILES string of the molecule is COC(=O)c1cc(Br)c(O)c(CC(C)=O)c1. The van der Waals surface area contributed by atoms with Crippen LogP contribution in [0.3, 0.4) is 0 Å². The zero-order valence-corrected chi connectivity index (χ0v) is 10.5. The fourth-order valence-corrected chi connectivity index (χ4v) is 1.80. The van der Waals surface area contributed by atoms with Crippen molar-refractivity contribution in [2.45, 2.75) is 13.3 Å². The van der Waals surface area contributed by atoms with Crippen LogP contribution >= 0.6 is 15.9 Å². The summed E-state index contributed by atoms with van der Waals surface area (Å²) in [7, 11) is 1.27. The molecule has 1 rings (SSSR count). The number of Topliss-reactive ketones (excluding diaryl/α,β-unsaturated/α-hetero) is 1. The maximum atomic E-state index is 11.3. The van der Waals surface area contributed by atoms with Gasteiger partial charge in [0.2, 0.25) is 0 Å². The highest BCUT2D eigenvalue weighted by Gasteiger charge is 2.14. The number of esters is 1. The number of phenols is 1. The Morgan fingerprint density at radius 1 is 1.44 bits per heavy atom. The van der Waals surface area contributed by atoms with Crippen LogP contribution in [0.4, 0.5) is 0 Å². The maximum absolute atomic E-state index is 11.3. The van der Waals surface area contributed by atoms with Crippen molar-refractivity contribution in [2.24, 2.45) is 0 Å². The minimum atomic E-state index is -0.509. The molecule has 0 heterocycles. The number of rotatable bonds is 3. The molecule has 0 radical (unpaired) electrons. The molecule has 0 spiro atoms. The summed E-state index contributed by atoms with van der Waals surface area (Å²) in [5.41, 5.74) is 0.700. The number of methoxy groups -OCH3 is 1. The molecule has 5 heteroatoms. The topological polar surface area (TPSA) is 63.6 Å². The normalized spacial score (nSPS) is 9.94. The van der Waals surface area contributed by atoms with Gasteiger partial charge < -0.3 is 9.84 Å². The summed E-state index contributed by atoms with van der Waals surface area (Å²) >= 11 is 3.12. The molecule has 0 fully saturated rings. The lowest BCUT2D eigenvalue weighted by Crippen LogP contribution is -2.04. The number of hydrogen-bond acceptors (Lipinski definition) is 4. The molecule has 1 N–H and O–H groups in total. The van der Waals surface area contributed by atoms with Gasteiger partial charge in [0, 0.05) is 12.0 Å². The van der Waals surface area contributed by atoms with Crippen LogP contribution < -0.4 is 0 Å². The molecule has 1 aromatic carbocycles. The Hall–Kier alpha value is -1.36. The van der Waals surface area contributed by atoms with E-state index in [1.807, 2.05) is 0 Å². The molecule has 16 heavy (non-hydrogen) atoms. The van der Waals surface area contributed by atoms with Gasteiger partial charge >= 0.3 is 5.97 Å². The molecule has 0 aliphatic rings. The van der Waals surface area contributed by atoms with Crippen LogP contribution in [0.5, 0.6) is 5.75 Å². The number of ether oxygens (including phenoxy) is 1. The highest BCUT2D eigenvalue weighted by molar-refractivity contribution is 9.10. The van der Waals surface area contributed by atoms with Crippen LogP contribution in [0.1, 0.15) is 22.8 Å². The van der Waals surface area contributed by atoms with Crippen molar-refractivity contribution < 1.29 is 19.4 Å². The van der Waals surface area contributed by atoms with E-state index in [4.69, 9.17) is 0 Å². The van der Waals surface area contributed by atoms with E-state index < -0.39 is 5.97 Å². The van der Waals surface area contributed by atoms with E-state index in [0.29, 0.717) is 15.6 Å². The number of halogens is 1. The smallest absolute Gasteiger partial charge is 0.337 e. The van der Waals surface area contributed by atoms with E-state index in [-0.39, 0.29) is 18.0 Å². The largest absolute Gasteiger partial charge is 0.506 e. The maximum Gasteiger partial charge on any atom is 0.337 e. The summed E-state index contributed by atoms with van der Waals surface area (Å²) in [5, 5.41) is 9.67. The van der Waals surface area contributed by atoms with E-state index in [9.17, 15) is 14.7 Å². The Morgan fingerprint density at radius 2 is 2.06 bits per heavy atom. The second-order valence-corrected chi connectivity index (χ2v) is 4.19. The van der Waals surface area contributed by atoms with Gasteiger partial charge in [0.15, 0.2) is 0 Å². The Labute approximate surface area is 101 Å². The number of phenolic OH excluding ortho intramolecular Hbond substituents is 1. The van der Waals surface area contributed by atoms with Gasteiger partial charge in [0.1, 0.15) is 11.5 Å². The van der Waals surface area contributed by atoms with Crippen molar-refractivity contribution in [3.63, 3.8) is 0 Å². The van der Waals surface area contributed by atoms with Crippen molar-refractivity contribution in [2.75, 3.05) is 7.11 Å². The third-order valence-electron chi connectivity index (χ3n) is 2.00. The quantitative estimate of drug-likeness (QED) is 0.864. The second-order valence-electron chi connectivity index (χ2n) is 3.34. The minimum Gasteiger partial charge on any atom is -0.506 e. The molecule has 0 atom stereocenters.